The molecule has 0 amide bonds. The molecule has 2 rings (SSSR count). The summed E-state index contributed by atoms with van der Waals surface area (Å²) in [6.07, 6.45) is 1.87. The van der Waals surface area contributed by atoms with Gasteiger partial charge in [-0.15, -0.1) is 0 Å². The van der Waals surface area contributed by atoms with E-state index in [1.807, 2.05) is 0 Å². The van der Waals surface area contributed by atoms with Crippen LogP contribution in [0.4, 0.5) is 5.69 Å². The van der Waals surface area contributed by atoms with E-state index in [1.165, 1.54) is 12.3 Å². The number of nitrogens with one attached hydrogen (secondary N) is 2. The number of rotatable bonds is 4. The molecule has 0 radical (unpaired) electrons. The molecule has 98 valence electrons. The van der Waals surface area contributed by atoms with Crippen LogP contribution in [0.15, 0.2) is 23.4 Å². The third-order valence-corrected chi connectivity index (χ3v) is 4.05. The second-order valence-electron chi connectivity index (χ2n) is 3.90. The van der Waals surface area contributed by atoms with Gasteiger partial charge in [-0.25, -0.2) is 18.1 Å². The first-order valence-corrected chi connectivity index (χ1v) is 6.81. The zero-order chi connectivity index (χ0) is 13.2. The number of nitrogens with zero attached hydrogens (tertiary/aromatic N) is 2. The molecule has 0 aromatic carbocycles. The Hall–Kier alpha value is -1.58. The highest BCUT2D eigenvalue weighted by Crippen LogP contribution is 2.20. The van der Waals surface area contributed by atoms with Gasteiger partial charge in [0.1, 0.15) is 0 Å². The molecule has 1 aliphatic heterocycles. The number of hydrogen-bond donors (Lipinski definition) is 2. The van der Waals surface area contributed by atoms with Crippen molar-refractivity contribution in [3.63, 3.8) is 0 Å². The van der Waals surface area contributed by atoms with Gasteiger partial charge in [0.15, 0.2) is 0 Å². The van der Waals surface area contributed by atoms with Crippen LogP contribution >= 0.6 is 0 Å². The molecule has 0 aliphatic carbocycles. The van der Waals surface area contributed by atoms with Crippen molar-refractivity contribution >= 4 is 15.7 Å². The molecule has 1 aromatic heterocycles. The van der Waals surface area contributed by atoms with Gasteiger partial charge in [-0.05, 0) is 19.0 Å². The van der Waals surface area contributed by atoms with Crippen LogP contribution in [-0.4, -0.2) is 37.5 Å². The Balaban J connectivity index is 2.31. The van der Waals surface area contributed by atoms with Gasteiger partial charge in [0.2, 0.25) is 5.03 Å². The molecule has 1 aliphatic rings. The van der Waals surface area contributed by atoms with Gasteiger partial charge in [-0.1, -0.05) is 0 Å². The van der Waals surface area contributed by atoms with E-state index in [9.17, 15) is 18.5 Å². The Morgan fingerprint density at radius 1 is 1.56 bits per heavy atom. The minimum atomic E-state index is -3.96. The van der Waals surface area contributed by atoms with Gasteiger partial charge in [0.05, 0.1) is 4.92 Å². The summed E-state index contributed by atoms with van der Waals surface area (Å²) in [6.45, 7) is 1.23. The summed E-state index contributed by atoms with van der Waals surface area (Å²) in [5.41, 5.74) is -0.518. The van der Waals surface area contributed by atoms with Crippen LogP contribution in [0.3, 0.4) is 0 Å². The average molecular weight is 272 g/mol. The maximum absolute atomic E-state index is 12.0. The number of pyridine rings is 1. The molecule has 2 N–H and O–H groups in total. The van der Waals surface area contributed by atoms with E-state index in [2.05, 4.69) is 15.0 Å². The van der Waals surface area contributed by atoms with Crippen LogP contribution in [-0.2, 0) is 10.0 Å². The van der Waals surface area contributed by atoms with E-state index in [0.717, 1.165) is 12.6 Å². The smallest absolute Gasteiger partial charge is 0.308 e. The third kappa shape index (κ3) is 2.63. The first-order chi connectivity index (χ1) is 8.50. The van der Waals surface area contributed by atoms with E-state index in [1.54, 1.807) is 0 Å². The zero-order valence-electron chi connectivity index (χ0n) is 9.37. The van der Waals surface area contributed by atoms with Gasteiger partial charge in [-0.2, -0.15) is 0 Å². The van der Waals surface area contributed by atoms with Crippen molar-refractivity contribution in [3.8, 4) is 0 Å². The lowest BCUT2D eigenvalue weighted by molar-refractivity contribution is -0.388. The minimum absolute atomic E-state index is 0.253. The molecule has 1 saturated heterocycles. The van der Waals surface area contributed by atoms with Crippen molar-refractivity contribution < 1.29 is 13.3 Å². The van der Waals surface area contributed by atoms with Crippen LogP contribution < -0.4 is 10.0 Å². The second kappa shape index (κ2) is 4.96. The van der Waals surface area contributed by atoms with Crippen molar-refractivity contribution in [2.75, 3.05) is 13.1 Å². The molecule has 0 bridgehead atoms. The fraction of sp³-hybridized carbons (Fsp3) is 0.444. The highest BCUT2D eigenvalue weighted by atomic mass is 32.2. The van der Waals surface area contributed by atoms with Crippen molar-refractivity contribution in [2.24, 2.45) is 0 Å². The van der Waals surface area contributed by atoms with E-state index < -0.39 is 25.7 Å². The highest BCUT2D eigenvalue weighted by Gasteiger charge is 2.30. The lowest BCUT2D eigenvalue weighted by atomic mass is 10.3. The predicted molar refractivity (Wildman–Crippen MR) is 62.5 cm³/mol. The van der Waals surface area contributed by atoms with Gasteiger partial charge >= 0.3 is 5.69 Å². The topological polar surface area (TPSA) is 114 Å². The average Bonchev–Trinajstić information content (AvgIpc) is 2.81. The molecule has 0 unspecified atom stereocenters. The summed E-state index contributed by atoms with van der Waals surface area (Å²) in [6, 6.07) is 2.19. The fourth-order valence-corrected chi connectivity index (χ4v) is 3.13. The minimum Gasteiger partial charge on any atom is -0.315 e. The Bertz CT molecular complexity index is 553. The van der Waals surface area contributed by atoms with E-state index >= 15 is 0 Å². The van der Waals surface area contributed by atoms with Crippen LogP contribution in [0, 0.1) is 10.1 Å². The van der Waals surface area contributed by atoms with Gasteiger partial charge in [0.25, 0.3) is 10.0 Å². The number of sulfonamides is 1. The summed E-state index contributed by atoms with van der Waals surface area (Å²) in [7, 11) is -3.96. The maximum Gasteiger partial charge on any atom is 0.308 e. The molecule has 2 heterocycles. The van der Waals surface area contributed by atoms with E-state index in [0.29, 0.717) is 13.0 Å². The van der Waals surface area contributed by atoms with Crippen molar-refractivity contribution in [3.05, 3.63) is 28.4 Å². The summed E-state index contributed by atoms with van der Waals surface area (Å²) in [5.74, 6) is 0. The number of aromatic nitrogens is 1. The maximum atomic E-state index is 12.0. The molecule has 8 nitrogen and oxygen atoms in total. The number of hydrogen-bond acceptors (Lipinski definition) is 6. The van der Waals surface area contributed by atoms with Crippen molar-refractivity contribution in [1.29, 1.82) is 0 Å². The van der Waals surface area contributed by atoms with Gasteiger partial charge in [-0.3, -0.25) is 10.1 Å². The quantitative estimate of drug-likeness (QED) is 0.571. The van der Waals surface area contributed by atoms with Crippen LogP contribution in [0.1, 0.15) is 6.42 Å². The predicted octanol–water partition coefficient (Wildman–Crippen LogP) is -0.370. The Kier molecular flexibility index (Phi) is 3.55. The number of nitro groups is 1. The summed E-state index contributed by atoms with van der Waals surface area (Å²) in [4.78, 5) is 13.6. The lowest BCUT2D eigenvalue weighted by Crippen LogP contribution is -2.36. The first kappa shape index (κ1) is 12.9. The molecule has 18 heavy (non-hydrogen) atoms. The van der Waals surface area contributed by atoms with Crippen molar-refractivity contribution in [2.45, 2.75) is 17.5 Å². The van der Waals surface area contributed by atoms with E-state index in [4.69, 9.17) is 0 Å². The second-order valence-corrected chi connectivity index (χ2v) is 5.53. The van der Waals surface area contributed by atoms with Crippen molar-refractivity contribution in [1.82, 2.24) is 15.0 Å². The normalized spacial score (nSPS) is 19.9. The van der Waals surface area contributed by atoms with Gasteiger partial charge < -0.3 is 5.32 Å². The molecule has 1 atom stereocenters. The van der Waals surface area contributed by atoms with E-state index in [-0.39, 0.29) is 6.04 Å². The Morgan fingerprint density at radius 2 is 2.33 bits per heavy atom. The molecule has 9 heteroatoms. The molecule has 0 spiro atoms. The molecular formula is C9H12N4O4S. The monoisotopic (exact) mass is 272 g/mol. The van der Waals surface area contributed by atoms with Crippen LogP contribution in [0.2, 0.25) is 0 Å². The first-order valence-electron chi connectivity index (χ1n) is 5.33. The molecule has 1 aromatic rings. The lowest BCUT2D eigenvalue weighted by Gasteiger charge is -2.11. The van der Waals surface area contributed by atoms with Gasteiger partial charge in [0, 0.05) is 24.8 Å². The summed E-state index contributed by atoms with van der Waals surface area (Å²) in [5, 5.41) is 13.2. The SMILES string of the molecule is O=[N+]([O-])c1cccnc1S(=O)(=O)N[C@H]1CCNC1. The largest absolute Gasteiger partial charge is 0.315 e. The van der Waals surface area contributed by atoms with Crippen LogP contribution in [0.25, 0.3) is 0 Å². The molecule has 0 saturated carbocycles. The van der Waals surface area contributed by atoms with Crippen LogP contribution in [0.5, 0.6) is 0 Å². The highest BCUT2D eigenvalue weighted by molar-refractivity contribution is 7.89. The molecular weight excluding hydrogens is 260 g/mol. The summed E-state index contributed by atoms with van der Waals surface area (Å²) >= 11 is 0. The fourth-order valence-electron chi connectivity index (χ4n) is 1.76. The summed E-state index contributed by atoms with van der Waals surface area (Å²) < 4.78 is 26.4. The third-order valence-electron chi connectivity index (χ3n) is 2.58. The Morgan fingerprint density at radius 3 is 2.94 bits per heavy atom. The molecule has 1 fully saturated rings. The standard InChI is InChI=1S/C9H12N4O4S/c14-13(15)8-2-1-4-11-9(8)18(16,17)12-7-3-5-10-6-7/h1-2,4,7,10,12H,3,5-6H2/t7-/m0/s1. The zero-order valence-corrected chi connectivity index (χ0v) is 10.2. The Labute approximate surface area is 104 Å².